The minimum absolute atomic E-state index is 0.0486. The normalized spacial score (nSPS) is 8.75. The highest BCUT2D eigenvalue weighted by atomic mass is 16.3. The lowest BCUT2D eigenvalue weighted by Gasteiger charge is -1.92. The predicted molar refractivity (Wildman–Crippen MR) is 28.3 cm³/mol. The molecule has 0 spiro atoms. The summed E-state index contributed by atoms with van der Waals surface area (Å²) in [5.41, 5.74) is 0.0486. The van der Waals surface area contributed by atoms with Gasteiger partial charge in [0.05, 0.1) is 6.61 Å². The summed E-state index contributed by atoms with van der Waals surface area (Å²) in [6.45, 7) is 2.24. The fourth-order valence-corrected chi connectivity index (χ4v) is 0.200. The van der Waals surface area contributed by atoms with Crippen molar-refractivity contribution < 1.29 is 15.0 Å². The summed E-state index contributed by atoms with van der Waals surface area (Å²) in [5, 5.41) is 16.3. The van der Waals surface area contributed by atoms with Gasteiger partial charge in [-0.3, -0.25) is 4.79 Å². The highest BCUT2D eigenvalue weighted by Crippen LogP contribution is 1.87. The van der Waals surface area contributed by atoms with E-state index in [2.05, 4.69) is 6.58 Å². The molecule has 0 aromatic heterocycles. The molecule has 3 heteroatoms. The number of carbonyl (C=O) groups is 1. The Morgan fingerprint density at radius 3 is 2.00 bits per heavy atom. The molecule has 0 bridgehead atoms. The van der Waals surface area contributed by atoms with Crippen molar-refractivity contribution in [2.75, 3.05) is 13.2 Å². The lowest BCUT2D eigenvalue weighted by atomic mass is 10.2. The Kier molecular flexibility index (Phi) is 3.07. The predicted octanol–water partition coefficient (Wildman–Crippen LogP) is -0.904. The van der Waals surface area contributed by atoms with Gasteiger partial charge in [0.15, 0.2) is 5.78 Å². The fraction of sp³-hybridized carbons (Fsp3) is 0.400. The highest BCUT2D eigenvalue weighted by Gasteiger charge is 2.00. The number of carbonyl (C=O) groups excluding carboxylic acids is 1. The molecule has 0 aliphatic heterocycles. The van der Waals surface area contributed by atoms with E-state index in [-0.39, 0.29) is 12.2 Å². The van der Waals surface area contributed by atoms with Gasteiger partial charge in [0.1, 0.15) is 6.61 Å². The monoisotopic (exact) mass is 116 g/mol. The van der Waals surface area contributed by atoms with E-state index in [1.165, 1.54) is 0 Å². The molecule has 0 aromatic rings. The SMILES string of the molecule is C=C(CO)C(=O)CO. The second-order valence-electron chi connectivity index (χ2n) is 1.34. The number of aliphatic hydroxyl groups is 2. The maximum absolute atomic E-state index is 10.2. The van der Waals surface area contributed by atoms with Gasteiger partial charge in [0.25, 0.3) is 0 Å². The first-order valence-corrected chi connectivity index (χ1v) is 2.15. The van der Waals surface area contributed by atoms with Crippen molar-refractivity contribution in [2.24, 2.45) is 0 Å². The van der Waals surface area contributed by atoms with Gasteiger partial charge in [-0.15, -0.1) is 0 Å². The van der Waals surface area contributed by atoms with Gasteiger partial charge in [-0.1, -0.05) is 6.58 Å². The van der Waals surface area contributed by atoms with Crippen LogP contribution in [-0.4, -0.2) is 29.2 Å². The molecular weight excluding hydrogens is 108 g/mol. The summed E-state index contributed by atoms with van der Waals surface area (Å²) in [6.07, 6.45) is 0. The van der Waals surface area contributed by atoms with Crippen LogP contribution in [0, 0.1) is 0 Å². The number of hydrogen-bond donors (Lipinski definition) is 2. The average Bonchev–Trinajstić information content (AvgIpc) is 1.84. The van der Waals surface area contributed by atoms with E-state index in [1.54, 1.807) is 0 Å². The molecule has 0 fully saturated rings. The second kappa shape index (κ2) is 3.35. The van der Waals surface area contributed by atoms with Crippen molar-refractivity contribution in [3.8, 4) is 0 Å². The zero-order chi connectivity index (χ0) is 6.57. The highest BCUT2D eigenvalue weighted by molar-refractivity contribution is 5.95. The lowest BCUT2D eigenvalue weighted by Crippen LogP contribution is -2.08. The largest absolute Gasteiger partial charge is 0.392 e. The van der Waals surface area contributed by atoms with E-state index >= 15 is 0 Å². The molecule has 0 rings (SSSR count). The molecule has 0 aliphatic rings. The summed E-state index contributed by atoms with van der Waals surface area (Å²) in [6, 6.07) is 0. The smallest absolute Gasteiger partial charge is 0.185 e. The fourth-order valence-electron chi connectivity index (χ4n) is 0.200. The number of ketones is 1. The van der Waals surface area contributed by atoms with Crippen LogP contribution >= 0.6 is 0 Å². The van der Waals surface area contributed by atoms with Crippen LogP contribution in [0.1, 0.15) is 0 Å². The molecule has 0 heterocycles. The zero-order valence-corrected chi connectivity index (χ0v) is 4.42. The number of rotatable bonds is 3. The van der Waals surface area contributed by atoms with Crippen molar-refractivity contribution in [1.82, 2.24) is 0 Å². The summed E-state index contributed by atoms with van der Waals surface area (Å²) in [4.78, 5) is 10.2. The first kappa shape index (κ1) is 7.33. The van der Waals surface area contributed by atoms with Crippen LogP contribution in [0.15, 0.2) is 12.2 Å². The topological polar surface area (TPSA) is 57.5 Å². The third-order valence-corrected chi connectivity index (χ3v) is 0.729. The number of Topliss-reactive ketones (excluding diaryl/α,β-unsaturated/α-hetero) is 1. The molecule has 8 heavy (non-hydrogen) atoms. The Hall–Kier alpha value is -0.670. The van der Waals surface area contributed by atoms with E-state index in [9.17, 15) is 4.79 Å². The quantitative estimate of drug-likeness (QED) is 0.469. The molecule has 0 unspecified atom stereocenters. The zero-order valence-electron chi connectivity index (χ0n) is 4.42. The van der Waals surface area contributed by atoms with Gasteiger partial charge >= 0.3 is 0 Å². The van der Waals surface area contributed by atoms with Crippen LogP contribution < -0.4 is 0 Å². The first-order valence-electron chi connectivity index (χ1n) is 2.15. The molecule has 3 nitrogen and oxygen atoms in total. The van der Waals surface area contributed by atoms with Crippen molar-refractivity contribution >= 4 is 5.78 Å². The van der Waals surface area contributed by atoms with Gasteiger partial charge in [-0.05, 0) is 0 Å². The summed E-state index contributed by atoms with van der Waals surface area (Å²) >= 11 is 0. The van der Waals surface area contributed by atoms with Crippen LogP contribution in [0.5, 0.6) is 0 Å². The molecular formula is C5H8O3. The van der Waals surface area contributed by atoms with Gasteiger partial charge in [0.2, 0.25) is 0 Å². The Bertz CT molecular complexity index is 92.2. The van der Waals surface area contributed by atoms with E-state index in [0.29, 0.717) is 0 Å². The van der Waals surface area contributed by atoms with Crippen molar-refractivity contribution in [1.29, 1.82) is 0 Å². The molecule has 0 amide bonds. The van der Waals surface area contributed by atoms with Gasteiger partial charge < -0.3 is 10.2 Å². The minimum atomic E-state index is -0.570. The average molecular weight is 116 g/mol. The maximum Gasteiger partial charge on any atom is 0.185 e. The Morgan fingerprint density at radius 2 is 1.88 bits per heavy atom. The molecule has 0 atom stereocenters. The lowest BCUT2D eigenvalue weighted by molar-refractivity contribution is -0.118. The van der Waals surface area contributed by atoms with E-state index < -0.39 is 12.4 Å². The molecule has 0 saturated heterocycles. The Labute approximate surface area is 47.3 Å². The number of aliphatic hydroxyl groups excluding tert-OH is 2. The maximum atomic E-state index is 10.2. The molecule has 0 radical (unpaired) electrons. The van der Waals surface area contributed by atoms with Gasteiger partial charge in [0, 0.05) is 5.57 Å². The summed E-state index contributed by atoms with van der Waals surface area (Å²) in [5.74, 6) is -0.507. The van der Waals surface area contributed by atoms with Crippen molar-refractivity contribution in [3.63, 3.8) is 0 Å². The summed E-state index contributed by atoms with van der Waals surface area (Å²) in [7, 11) is 0. The Balaban J connectivity index is 3.64. The standard InChI is InChI=1S/C5H8O3/c1-4(2-6)5(8)3-7/h6-7H,1-3H2. The second-order valence-corrected chi connectivity index (χ2v) is 1.34. The van der Waals surface area contributed by atoms with Crippen LogP contribution in [0.25, 0.3) is 0 Å². The molecule has 0 saturated carbocycles. The van der Waals surface area contributed by atoms with Crippen LogP contribution in [0.3, 0.4) is 0 Å². The van der Waals surface area contributed by atoms with Crippen LogP contribution in [-0.2, 0) is 4.79 Å². The molecule has 0 aliphatic carbocycles. The first-order chi connectivity index (χ1) is 3.72. The van der Waals surface area contributed by atoms with Crippen LogP contribution in [0.4, 0.5) is 0 Å². The third-order valence-electron chi connectivity index (χ3n) is 0.729. The molecule has 2 N–H and O–H groups in total. The number of hydrogen-bond acceptors (Lipinski definition) is 3. The summed E-state index contributed by atoms with van der Waals surface area (Å²) < 4.78 is 0. The van der Waals surface area contributed by atoms with Gasteiger partial charge in [-0.25, -0.2) is 0 Å². The Morgan fingerprint density at radius 1 is 1.38 bits per heavy atom. The van der Waals surface area contributed by atoms with E-state index in [0.717, 1.165) is 0 Å². The van der Waals surface area contributed by atoms with Crippen molar-refractivity contribution in [3.05, 3.63) is 12.2 Å². The third kappa shape index (κ3) is 1.86. The van der Waals surface area contributed by atoms with Crippen molar-refractivity contribution in [2.45, 2.75) is 0 Å². The van der Waals surface area contributed by atoms with E-state index in [4.69, 9.17) is 10.2 Å². The minimum Gasteiger partial charge on any atom is -0.392 e. The molecule has 0 aromatic carbocycles. The van der Waals surface area contributed by atoms with Crippen LogP contribution in [0.2, 0.25) is 0 Å². The molecule has 46 valence electrons. The van der Waals surface area contributed by atoms with Gasteiger partial charge in [-0.2, -0.15) is 0 Å². The van der Waals surface area contributed by atoms with E-state index in [1.807, 2.05) is 0 Å².